The summed E-state index contributed by atoms with van der Waals surface area (Å²) in [6.07, 6.45) is 1.88. The van der Waals surface area contributed by atoms with Gasteiger partial charge in [0.05, 0.1) is 18.8 Å². The summed E-state index contributed by atoms with van der Waals surface area (Å²) in [6.45, 7) is 11.8. The lowest BCUT2D eigenvalue weighted by molar-refractivity contribution is 0.201. The second kappa shape index (κ2) is 4.87. The number of nitrogens with two attached hydrogens (primary N) is 1. The number of aromatic nitrogens is 2. The average molecular weight is 225 g/mol. The number of hydrogen-bond donors (Lipinski definition) is 1. The van der Waals surface area contributed by atoms with Gasteiger partial charge in [-0.2, -0.15) is 5.10 Å². The van der Waals surface area contributed by atoms with E-state index in [1.165, 1.54) is 0 Å². The van der Waals surface area contributed by atoms with Crippen LogP contribution in [0.15, 0.2) is 6.20 Å². The summed E-state index contributed by atoms with van der Waals surface area (Å²) < 4.78 is 7.46. The third-order valence-corrected chi connectivity index (χ3v) is 2.44. The number of ether oxygens (including phenoxy) is 1. The molecule has 0 spiro atoms. The minimum absolute atomic E-state index is 0.0650. The largest absolute Gasteiger partial charge is 0.476 e. The van der Waals surface area contributed by atoms with Gasteiger partial charge >= 0.3 is 0 Å². The molecule has 0 aliphatic carbocycles. The minimum atomic E-state index is 0.0650. The fourth-order valence-electron chi connectivity index (χ4n) is 1.63. The molecule has 0 fully saturated rings. The summed E-state index contributed by atoms with van der Waals surface area (Å²) in [7, 11) is 0. The van der Waals surface area contributed by atoms with Gasteiger partial charge in [-0.15, -0.1) is 0 Å². The van der Waals surface area contributed by atoms with Crippen LogP contribution in [0.1, 0.15) is 40.2 Å². The zero-order valence-corrected chi connectivity index (χ0v) is 10.9. The Morgan fingerprint density at radius 2 is 2.06 bits per heavy atom. The molecule has 1 unspecified atom stereocenters. The summed E-state index contributed by atoms with van der Waals surface area (Å²) in [4.78, 5) is 0. The van der Waals surface area contributed by atoms with Gasteiger partial charge in [0, 0.05) is 5.56 Å². The summed E-state index contributed by atoms with van der Waals surface area (Å²) in [5.74, 6) is 0.888. The Balaban J connectivity index is 0.000000606. The van der Waals surface area contributed by atoms with Crippen LogP contribution in [0.25, 0.3) is 0 Å². The molecule has 92 valence electrons. The molecule has 0 amide bonds. The number of rotatable bonds is 0. The van der Waals surface area contributed by atoms with E-state index in [0.29, 0.717) is 6.61 Å². The molecule has 0 bridgehead atoms. The molecule has 2 heterocycles. The number of fused-ring (bicyclic) bond motifs is 1. The third-order valence-electron chi connectivity index (χ3n) is 2.44. The molecule has 1 aromatic heterocycles. The standard InChI is InChI=1S/C10H17N3O.C2H6/c1-10(2,3)8-4-12-13-5-7(11)6-14-9(8)13;1-2/h4,7H,5-6,11H2,1-3H3;1-2H3. The fourth-order valence-corrected chi connectivity index (χ4v) is 1.63. The average Bonchev–Trinajstić information content (AvgIpc) is 2.62. The third kappa shape index (κ3) is 2.55. The van der Waals surface area contributed by atoms with E-state index in [4.69, 9.17) is 10.5 Å². The second-order valence-electron chi connectivity index (χ2n) is 4.87. The molecule has 1 aromatic rings. The van der Waals surface area contributed by atoms with Crippen molar-refractivity contribution in [3.05, 3.63) is 11.8 Å². The lowest BCUT2D eigenvalue weighted by Crippen LogP contribution is -2.37. The van der Waals surface area contributed by atoms with Gasteiger partial charge in [-0.3, -0.25) is 0 Å². The number of hydrogen-bond acceptors (Lipinski definition) is 3. The predicted molar refractivity (Wildman–Crippen MR) is 65.7 cm³/mol. The van der Waals surface area contributed by atoms with E-state index >= 15 is 0 Å². The van der Waals surface area contributed by atoms with Crippen molar-refractivity contribution in [2.75, 3.05) is 6.61 Å². The molecule has 0 aromatic carbocycles. The molecular weight excluding hydrogens is 202 g/mol. The van der Waals surface area contributed by atoms with E-state index < -0.39 is 0 Å². The van der Waals surface area contributed by atoms with E-state index in [0.717, 1.165) is 18.0 Å². The highest BCUT2D eigenvalue weighted by atomic mass is 16.5. The SMILES string of the molecule is CC.CC(C)(C)c1cnn2c1OCC(N)C2. The lowest BCUT2D eigenvalue weighted by Gasteiger charge is -2.25. The van der Waals surface area contributed by atoms with E-state index in [1.54, 1.807) is 0 Å². The summed E-state index contributed by atoms with van der Waals surface area (Å²) in [5, 5.41) is 4.29. The Morgan fingerprint density at radius 3 is 2.62 bits per heavy atom. The van der Waals surface area contributed by atoms with Crippen LogP contribution in [0.4, 0.5) is 0 Å². The van der Waals surface area contributed by atoms with Crippen molar-refractivity contribution in [3.63, 3.8) is 0 Å². The van der Waals surface area contributed by atoms with Crippen molar-refractivity contribution < 1.29 is 4.74 Å². The normalized spacial score (nSPS) is 19.2. The zero-order valence-electron chi connectivity index (χ0n) is 10.9. The Hall–Kier alpha value is -1.03. The highest BCUT2D eigenvalue weighted by molar-refractivity contribution is 5.32. The van der Waals surface area contributed by atoms with Crippen LogP contribution in [0.3, 0.4) is 0 Å². The first-order chi connectivity index (χ1) is 7.48. The van der Waals surface area contributed by atoms with Crippen LogP contribution in [-0.4, -0.2) is 22.4 Å². The van der Waals surface area contributed by atoms with Gasteiger partial charge in [0.1, 0.15) is 6.61 Å². The molecule has 16 heavy (non-hydrogen) atoms. The zero-order chi connectivity index (χ0) is 12.3. The Bertz CT molecular complexity index is 339. The van der Waals surface area contributed by atoms with Gasteiger partial charge < -0.3 is 10.5 Å². The van der Waals surface area contributed by atoms with Gasteiger partial charge in [-0.05, 0) is 5.41 Å². The van der Waals surface area contributed by atoms with Crippen molar-refractivity contribution in [1.29, 1.82) is 0 Å². The van der Waals surface area contributed by atoms with Gasteiger partial charge in [0.2, 0.25) is 5.88 Å². The lowest BCUT2D eigenvalue weighted by atomic mass is 9.89. The molecule has 1 aliphatic heterocycles. The molecule has 0 saturated heterocycles. The van der Waals surface area contributed by atoms with E-state index in [2.05, 4.69) is 25.9 Å². The van der Waals surface area contributed by atoms with Crippen LogP contribution < -0.4 is 10.5 Å². The highest BCUT2D eigenvalue weighted by Gasteiger charge is 2.27. The Kier molecular flexibility index (Phi) is 3.97. The summed E-state index contributed by atoms with van der Waals surface area (Å²) in [5.41, 5.74) is 7.02. The van der Waals surface area contributed by atoms with Gasteiger partial charge in [0.25, 0.3) is 0 Å². The molecule has 2 rings (SSSR count). The van der Waals surface area contributed by atoms with Crippen molar-refractivity contribution in [2.24, 2.45) is 5.73 Å². The first-order valence-electron chi connectivity index (χ1n) is 5.93. The topological polar surface area (TPSA) is 53.1 Å². The Labute approximate surface area is 97.8 Å². The second-order valence-corrected chi connectivity index (χ2v) is 4.87. The number of nitrogens with zero attached hydrogens (tertiary/aromatic N) is 2. The molecule has 0 saturated carbocycles. The van der Waals surface area contributed by atoms with E-state index in [9.17, 15) is 0 Å². The van der Waals surface area contributed by atoms with Gasteiger partial charge in [-0.25, -0.2) is 4.68 Å². The van der Waals surface area contributed by atoms with Gasteiger partial charge in [-0.1, -0.05) is 34.6 Å². The van der Waals surface area contributed by atoms with Crippen molar-refractivity contribution in [3.8, 4) is 5.88 Å². The molecule has 2 N–H and O–H groups in total. The van der Waals surface area contributed by atoms with Crippen LogP contribution in [0, 0.1) is 0 Å². The maximum absolute atomic E-state index is 5.78. The van der Waals surface area contributed by atoms with Crippen LogP contribution in [-0.2, 0) is 12.0 Å². The summed E-state index contributed by atoms with van der Waals surface area (Å²) in [6, 6.07) is 0.0650. The smallest absolute Gasteiger partial charge is 0.215 e. The maximum atomic E-state index is 5.78. The van der Waals surface area contributed by atoms with E-state index in [-0.39, 0.29) is 11.5 Å². The van der Waals surface area contributed by atoms with Crippen LogP contribution in [0.5, 0.6) is 5.88 Å². The molecule has 1 atom stereocenters. The summed E-state index contributed by atoms with van der Waals surface area (Å²) >= 11 is 0. The molecule has 4 heteroatoms. The van der Waals surface area contributed by atoms with Crippen molar-refractivity contribution in [2.45, 2.75) is 52.6 Å². The fraction of sp³-hybridized carbons (Fsp3) is 0.750. The molecule has 4 nitrogen and oxygen atoms in total. The molecular formula is C12H23N3O. The van der Waals surface area contributed by atoms with E-state index in [1.807, 2.05) is 24.7 Å². The maximum Gasteiger partial charge on any atom is 0.215 e. The van der Waals surface area contributed by atoms with Crippen LogP contribution in [0.2, 0.25) is 0 Å². The Morgan fingerprint density at radius 1 is 1.44 bits per heavy atom. The molecule has 0 radical (unpaired) electrons. The molecule has 1 aliphatic rings. The minimum Gasteiger partial charge on any atom is -0.476 e. The van der Waals surface area contributed by atoms with Crippen LogP contribution >= 0.6 is 0 Å². The quantitative estimate of drug-likeness (QED) is 0.734. The monoisotopic (exact) mass is 225 g/mol. The first kappa shape index (κ1) is 13.0. The van der Waals surface area contributed by atoms with Crippen molar-refractivity contribution >= 4 is 0 Å². The van der Waals surface area contributed by atoms with Crippen molar-refractivity contribution in [1.82, 2.24) is 9.78 Å². The predicted octanol–water partition coefficient (Wildman–Crippen LogP) is 1.93. The highest BCUT2D eigenvalue weighted by Crippen LogP contribution is 2.32. The first-order valence-corrected chi connectivity index (χ1v) is 5.93. The van der Waals surface area contributed by atoms with Gasteiger partial charge in [0.15, 0.2) is 0 Å².